The second kappa shape index (κ2) is 6.29. The lowest BCUT2D eigenvalue weighted by molar-refractivity contribution is 0.0285. The van der Waals surface area contributed by atoms with Gasteiger partial charge >= 0.3 is 0 Å². The van der Waals surface area contributed by atoms with E-state index in [4.69, 9.17) is 16.3 Å². The van der Waals surface area contributed by atoms with E-state index < -0.39 is 0 Å². The van der Waals surface area contributed by atoms with Crippen molar-refractivity contribution in [2.45, 2.75) is 19.1 Å². The van der Waals surface area contributed by atoms with Crippen LogP contribution >= 0.6 is 11.6 Å². The number of carbonyl (C=O) groups excluding carboxylic acids is 1. The second-order valence-corrected chi connectivity index (χ2v) is 5.56. The number of halogens is 1. The molecule has 1 heterocycles. The third kappa shape index (κ3) is 3.43. The molecule has 1 atom stereocenters. The molecule has 108 valence electrons. The van der Waals surface area contributed by atoms with Crippen molar-refractivity contribution in [3.63, 3.8) is 0 Å². The third-order valence-corrected chi connectivity index (χ3v) is 3.89. The van der Waals surface area contributed by atoms with Gasteiger partial charge in [-0.3, -0.25) is 4.79 Å². The predicted molar refractivity (Wildman–Crippen MR) is 82.5 cm³/mol. The Balaban J connectivity index is 1.56. The van der Waals surface area contributed by atoms with Crippen molar-refractivity contribution in [2.75, 3.05) is 6.54 Å². The van der Waals surface area contributed by atoms with Gasteiger partial charge in [0, 0.05) is 23.6 Å². The summed E-state index contributed by atoms with van der Waals surface area (Å²) in [4.78, 5) is 12.0. The van der Waals surface area contributed by atoms with E-state index in [1.165, 1.54) is 11.1 Å². The molecule has 1 N–H and O–H groups in total. The molecule has 1 aliphatic rings. The lowest BCUT2D eigenvalue weighted by Gasteiger charge is -2.25. The van der Waals surface area contributed by atoms with Crippen LogP contribution in [-0.2, 0) is 17.8 Å². The van der Waals surface area contributed by atoms with Crippen LogP contribution in [0.15, 0.2) is 48.5 Å². The normalized spacial score (nSPS) is 17.1. The van der Waals surface area contributed by atoms with Crippen LogP contribution in [0.4, 0.5) is 0 Å². The largest absolute Gasteiger partial charge is 0.371 e. The SMILES string of the molecule is O=C(NCC1Cc2ccccc2CO1)c1ccc(Cl)cc1. The summed E-state index contributed by atoms with van der Waals surface area (Å²) in [7, 11) is 0. The summed E-state index contributed by atoms with van der Waals surface area (Å²) in [5, 5.41) is 3.54. The molecule has 1 amide bonds. The molecule has 0 aliphatic carbocycles. The summed E-state index contributed by atoms with van der Waals surface area (Å²) in [5.74, 6) is -0.103. The van der Waals surface area contributed by atoms with E-state index in [2.05, 4.69) is 17.4 Å². The van der Waals surface area contributed by atoms with E-state index in [-0.39, 0.29) is 12.0 Å². The van der Waals surface area contributed by atoms with Gasteiger partial charge in [-0.1, -0.05) is 35.9 Å². The quantitative estimate of drug-likeness (QED) is 0.945. The second-order valence-electron chi connectivity index (χ2n) is 5.12. The Hall–Kier alpha value is -1.84. The minimum absolute atomic E-state index is 0.0242. The van der Waals surface area contributed by atoms with E-state index in [1.807, 2.05) is 12.1 Å². The van der Waals surface area contributed by atoms with Crippen molar-refractivity contribution in [2.24, 2.45) is 0 Å². The van der Waals surface area contributed by atoms with Crippen molar-refractivity contribution < 1.29 is 9.53 Å². The number of hydrogen-bond donors (Lipinski definition) is 1. The van der Waals surface area contributed by atoms with Gasteiger partial charge in [-0.25, -0.2) is 0 Å². The molecule has 2 aromatic carbocycles. The first-order valence-electron chi connectivity index (χ1n) is 6.94. The summed E-state index contributed by atoms with van der Waals surface area (Å²) in [6, 6.07) is 15.1. The minimum atomic E-state index is -0.103. The number of hydrogen-bond acceptors (Lipinski definition) is 2. The van der Waals surface area contributed by atoms with E-state index in [0.29, 0.717) is 23.7 Å². The average Bonchev–Trinajstić information content (AvgIpc) is 2.53. The van der Waals surface area contributed by atoms with Gasteiger partial charge in [0.2, 0.25) is 0 Å². The number of fused-ring (bicyclic) bond motifs is 1. The van der Waals surface area contributed by atoms with Crippen LogP contribution in [0.5, 0.6) is 0 Å². The van der Waals surface area contributed by atoms with Crippen LogP contribution in [-0.4, -0.2) is 18.6 Å². The predicted octanol–water partition coefficient (Wildman–Crippen LogP) is 3.21. The first-order valence-corrected chi connectivity index (χ1v) is 7.32. The number of nitrogens with one attached hydrogen (secondary N) is 1. The van der Waals surface area contributed by atoms with Gasteiger partial charge in [0.05, 0.1) is 12.7 Å². The lowest BCUT2D eigenvalue weighted by Crippen LogP contribution is -2.36. The number of ether oxygens (including phenoxy) is 1. The van der Waals surface area contributed by atoms with Gasteiger partial charge < -0.3 is 10.1 Å². The van der Waals surface area contributed by atoms with Crippen LogP contribution in [0.1, 0.15) is 21.5 Å². The third-order valence-electron chi connectivity index (χ3n) is 3.64. The summed E-state index contributed by atoms with van der Waals surface area (Å²) in [6.45, 7) is 1.12. The number of benzene rings is 2. The molecule has 1 unspecified atom stereocenters. The minimum Gasteiger partial charge on any atom is -0.371 e. The summed E-state index contributed by atoms with van der Waals surface area (Å²) < 4.78 is 5.77. The topological polar surface area (TPSA) is 38.3 Å². The molecule has 3 nitrogen and oxygen atoms in total. The van der Waals surface area contributed by atoms with Gasteiger partial charge in [-0.2, -0.15) is 0 Å². The summed E-state index contributed by atoms with van der Waals surface area (Å²) in [6.07, 6.45) is 0.855. The maximum Gasteiger partial charge on any atom is 0.251 e. The van der Waals surface area contributed by atoms with Crippen molar-refractivity contribution in [3.05, 3.63) is 70.2 Å². The molecule has 0 aromatic heterocycles. The van der Waals surface area contributed by atoms with Crippen LogP contribution in [0.3, 0.4) is 0 Å². The smallest absolute Gasteiger partial charge is 0.251 e. The Morgan fingerprint density at radius 1 is 1.14 bits per heavy atom. The fraction of sp³-hybridized carbons (Fsp3) is 0.235. The zero-order valence-corrected chi connectivity index (χ0v) is 12.3. The summed E-state index contributed by atoms with van der Waals surface area (Å²) >= 11 is 5.81. The first kappa shape index (κ1) is 14.1. The zero-order chi connectivity index (χ0) is 14.7. The molecule has 0 fully saturated rings. The standard InChI is InChI=1S/C17H16ClNO2/c18-15-7-5-12(6-8-15)17(20)19-10-16-9-13-3-1-2-4-14(13)11-21-16/h1-8,16H,9-11H2,(H,19,20). The summed E-state index contributed by atoms with van der Waals surface area (Å²) in [5.41, 5.74) is 3.14. The van der Waals surface area contributed by atoms with E-state index in [0.717, 1.165) is 6.42 Å². The highest BCUT2D eigenvalue weighted by Gasteiger charge is 2.19. The van der Waals surface area contributed by atoms with Crippen molar-refractivity contribution in [3.8, 4) is 0 Å². The van der Waals surface area contributed by atoms with Gasteiger partial charge in [0.25, 0.3) is 5.91 Å². The molecule has 3 rings (SSSR count). The first-order chi connectivity index (χ1) is 10.2. The monoisotopic (exact) mass is 301 g/mol. The maximum atomic E-state index is 12.0. The molecule has 1 aliphatic heterocycles. The highest BCUT2D eigenvalue weighted by molar-refractivity contribution is 6.30. The van der Waals surface area contributed by atoms with E-state index >= 15 is 0 Å². The Labute approximate surface area is 128 Å². The maximum absolute atomic E-state index is 12.0. The van der Waals surface area contributed by atoms with E-state index in [9.17, 15) is 4.79 Å². The highest BCUT2D eigenvalue weighted by atomic mass is 35.5. The van der Waals surface area contributed by atoms with Crippen LogP contribution in [0, 0.1) is 0 Å². The fourth-order valence-corrected chi connectivity index (χ4v) is 2.58. The average molecular weight is 302 g/mol. The number of rotatable bonds is 3. The molecule has 0 saturated carbocycles. The molecular formula is C17H16ClNO2. The van der Waals surface area contributed by atoms with Crippen molar-refractivity contribution >= 4 is 17.5 Å². The number of carbonyl (C=O) groups is 1. The Morgan fingerprint density at radius 2 is 1.86 bits per heavy atom. The van der Waals surface area contributed by atoms with Crippen molar-refractivity contribution in [1.29, 1.82) is 0 Å². The van der Waals surface area contributed by atoms with Gasteiger partial charge in [-0.15, -0.1) is 0 Å². The highest BCUT2D eigenvalue weighted by Crippen LogP contribution is 2.20. The van der Waals surface area contributed by atoms with Gasteiger partial charge in [-0.05, 0) is 35.4 Å². The molecule has 2 aromatic rings. The van der Waals surface area contributed by atoms with Gasteiger partial charge in [0.15, 0.2) is 0 Å². The molecule has 0 radical (unpaired) electrons. The van der Waals surface area contributed by atoms with Gasteiger partial charge in [0.1, 0.15) is 0 Å². The van der Waals surface area contributed by atoms with Crippen molar-refractivity contribution in [1.82, 2.24) is 5.32 Å². The molecular weight excluding hydrogens is 286 g/mol. The van der Waals surface area contributed by atoms with Crippen LogP contribution in [0.2, 0.25) is 5.02 Å². The Bertz CT molecular complexity index is 639. The van der Waals surface area contributed by atoms with E-state index in [1.54, 1.807) is 24.3 Å². The Kier molecular flexibility index (Phi) is 4.23. The fourth-order valence-electron chi connectivity index (χ4n) is 2.45. The molecule has 0 spiro atoms. The zero-order valence-electron chi connectivity index (χ0n) is 11.5. The Morgan fingerprint density at radius 3 is 2.62 bits per heavy atom. The van der Waals surface area contributed by atoms with Crippen LogP contribution in [0.25, 0.3) is 0 Å². The lowest BCUT2D eigenvalue weighted by atomic mass is 9.99. The number of amides is 1. The molecule has 0 saturated heterocycles. The molecule has 4 heteroatoms. The molecule has 0 bridgehead atoms. The van der Waals surface area contributed by atoms with Crippen LogP contribution < -0.4 is 5.32 Å². The molecule has 21 heavy (non-hydrogen) atoms.